The third kappa shape index (κ3) is 3.42. The standard InChI is InChI=1S/C25H24Cl2N2O4/c26-16-8-6-15(7-9-16)22-25(19(13-21(30)28-22)14-4-2-1-3-5-14)18-11-10-17(27)12-20(18)29(23(25)31)24(32)33/h6-12,14,19,22H,1-5,13H2,(H,28,30)(H,32,33). The maximum Gasteiger partial charge on any atom is 0.418 e. The third-order valence-electron chi connectivity index (χ3n) is 7.57. The summed E-state index contributed by atoms with van der Waals surface area (Å²) in [6.07, 6.45) is 3.85. The van der Waals surface area contributed by atoms with Crippen molar-refractivity contribution in [2.24, 2.45) is 11.8 Å². The molecule has 3 amide bonds. The molecule has 2 fully saturated rings. The Hall–Kier alpha value is -2.57. The Kier molecular flexibility index (Phi) is 5.61. The molecule has 0 bridgehead atoms. The van der Waals surface area contributed by atoms with E-state index in [1.54, 1.807) is 36.4 Å². The summed E-state index contributed by atoms with van der Waals surface area (Å²) in [4.78, 5) is 40.3. The van der Waals surface area contributed by atoms with Gasteiger partial charge in [0.05, 0.1) is 11.7 Å². The lowest BCUT2D eigenvalue weighted by Gasteiger charge is -2.50. The first kappa shape index (κ1) is 22.2. The smallest absolute Gasteiger partial charge is 0.418 e. The highest BCUT2D eigenvalue weighted by molar-refractivity contribution is 6.32. The van der Waals surface area contributed by atoms with Gasteiger partial charge in [0.2, 0.25) is 11.8 Å². The quantitative estimate of drug-likeness (QED) is 0.568. The van der Waals surface area contributed by atoms with E-state index in [4.69, 9.17) is 23.2 Å². The zero-order chi connectivity index (χ0) is 23.3. The largest absolute Gasteiger partial charge is 0.464 e. The number of carboxylic acid groups (broad SMARTS) is 1. The van der Waals surface area contributed by atoms with E-state index in [9.17, 15) is 19.5 Å². The van der Waals surface area contributed by atoms with Gasteiger partial charge in [0, 0.05) is 16.5 Å². The molecule has 3 unspecified atom stereocenters. The molecule has 0 radical (unpaired) electrons. The molecule has 1 spiro atoms. The summed E-state index contributed by atoms with van der Waals surface area (Å²) in [5, 5.41) is 14.0. The summed E-state index contributed by atoms with van der Waals surface area (Å²) >= 11 is 12.4. The lowest BCUT2D eigenvalue weighted by Crippen LogP contribution is -2.61. The van der Waals surface area contributed by atoms with Gasteiger partial charge in [-0.15, -0.1) is 0 Å². The Morgan fingerprint density at radius 1 is 1.00 bits per heavy atom. The van der Waals surface area contributed by atoms with Crippen LogP contribution in [0.25, 0.3) is 0 Å². The SMILES string of the molecule is O=C1CC(C2CCCCC2)C2(C(=O)N(C(=O)O)c3cc(Cl)ccc32)C(c2ccc(Cl)cc2)N1. The minimum absolute atomic E-state index is 0.131. The monoisotopic (exact) mass is 486 g/mol. The molecule has 5 rings (SSSR count). The van der Waals surface area contributed by atoms with Crippen molar-refractivity contribution in [3.63, 3.8) is 0 Å². The molecule has 1 saturated heterocycles. The zero-order valence-corrected chi connectivity index (χ0v) is 19.4. The van der Waals surface area contributed by atoms with E-state index in [1.807, 2.05) is 0 Å². The van der Waals surface area contributed by atoms with E-state index in [0.717, 1.165) is 42.6 Å². The van der Waals surface area contributed by atoms with Gasteiger partial charge in [-0.05, 0) is 47.2 Å². The minimum Gasteiger partial charge on any atom is -0.464 e. The van der Waals surface area contributed by atoms with Gasteiger partial charge in [-0.3, -0.25) is 9.59 Å². The highest BCUT2D eigenvalue weighted by Crippen LogP contribution is 2.59. The molecule has 2 aliphatic heterocycles. The van der Waals surface area contributed by atoms with Crippen molar-refractivity contribution in [2.45, 2.75) is 50.0 Å². The predicted octanol–water partition coefficient (Wildman–Crippen LogP) is 5.71. The number of halogens is 2. The lowest BCUT2D eigenvalue weighted by atomic mass is 9.56. The number of hydrogen-bond donors (Lipinski definition) is 2. The number of anilines is 1. The van der Waals surface area contributed by atoms with Crippen LogP contribution in [0.4, 0.5) is 10.5 Å². The maximum atomic E-state index is 14.2. The molecule has 0 aromatic heterocycles. The Labute approximate surface area is 201 Å². The number of carbonyl (C=O) groups excluding carboxylic acids is 2. The molecule has 33 heavy (non-hydrogen) atoms. The molecule has 2 N–H and O–H groups in total. The summed E-state index contributed by atoms with van der Waals surface area (Å²) in [7, 11) is 0. The van der Waals surface area contributed by atoms with Crippen molar-refractivity contribution in [3.8, 4) is 0 Å². The van der Waals surface area contributed by atoms with Gasteiger partial charge in [-0.25, -0.2) is 9.69 Å². The number of nitrogens with one attached hydrogen (secondary N) is 1. The maximum absolute atomic E-state index is 14.2. The molecule has 2 aromatic rings. The topological polar surface area (TPSA) is 86.7 Å². The van der Waals surface area contributed by atoms with E-state index in [0.29, 0.717) is 15.6 Å². The Morgan fingerprint density at radius 3 is 2.33 bits per heavy atom. The lowest BCUT2D eigenvalue weighted by molar-refractivity contribution is -0.137. The first-order valence-corrected chi connectivity index (χ1v) is 12.0. The number of benzene rings is 2. The molecule has 2 aromatic carbocycles. The van der Waals surface area contributed by atoms with Gasteiger partial charge >= 0.3 is 6.09 Å². The van der Waals surface area contributed by atoms with Crippen molar-refractivity contribution < 1.29 is 19.5 Å². The van der Waals surface area contributed by atoms with Gasteiger partial charge in [0.1, 0.15) is 5.41 Å². The van der Waals surface area contributed by atoms with E-state index >= 15 is 0 Å². The average molecular weight is 487 g/mol. The third-order valence-corrected chi connectivity index (χ3v) is 8.05. The summed E-state index contributed by atoms with van der Waals surface area (Å²) in [6.45, 7) is 0. The van der Waals surface area contributed by atoms with E-state index in [1.165, 1.54) is 6.07 Å². The van der Waals surface area contributed by atoms with Crippen molar-refractivity contribution in [1.82, 2.24) is 5.32 Å². The van der Waals surface area contributed by atoms with Gasteiger partial charge < -0.3 is 10.4 Å². The number of imide groups is 1. The fourth-order valence-electron chi connectivity index (χ4n) is 6.26. The summed E-state index contributed by atoms with van der Waals surface area (Å²) in [6, 6.07) is 11.3. The van der Waals surface area contributed by atoms with E-state index in [2.05, 4.69) is 5.32 Å². The Morgan fingerprint density at radius 2 is 1.67 bits per heavy atom. The Bertz CT molecular complexity index is 1130. The molecular weight excluding hydrogens is 463 g/mol. The first-order chi connectivity index (χ1) is 15.8. The molecule has 6 nitrogen and oxygen atoms in total. The summed E-state index contributed by atoms with van der Waals surface area (Å²) in [5.74, 6) is -0.846. The number of fused-ring (bicyclic) bond motifs is 2. The number of carbonyl (C=O) groups is 3. The van der Waals surface area contributed by atoms with Crippen LogP contribution >= 0.6 is 23.2 Å². The van der Waals surface area contributed by atoms with Crippen molar-refractivity contribution in [1.29, 1.82) is 0 Å². The van der Waals surface area contributed by atoms with Crippen LogP contribution in [0.5, 0.6) is 0 Å². The highest BCUT2D eigenvalue weighted by atomic mass is 35.5. The molecule has 8 heteroatoms. The predicted molar refractivity (Wildman–Crippen MR) is 126 cm³/mol. The molecular formula is C25H24Cl2N2O4. The average Bonchev–Trinajstić information content (AvgIpc) is 3.04. The molecule has 2 heterocycles. The van der Waals surface area contributed by atoms with Gasteiger partial charge in [-0.2, -0.15) is 0 Å². The second-order valence-corrected chi connectivity index (χ2v) is 10.1. The second-order valence-electron chi connectivity index (χ2n) is 9.21. The summed E-state index contributed by atoms with van der Waals surface area (Å²) < 4.78 is 0. The van der Waals surface area contributed by atoms with Crippen LogP contribution in [0.3, 0.4) is 0 Å². The number of piperidine rings is 1. The van der Waals surface area contributed by atoms with Crippen LogP contribution in [-0.2, 0) is 15.0 Å². The first-order valence-electron chi connectivity index (χ1n) is 11.3. The van der Waals surface area contributed by atoms with Crippen LogP contribution < -0.4 is 10.2 Å². The minimum atomic E-state index is -1.35. The number of hydrogen-bond acceptors (Lipinski definition) is 3. The number of rotatable bonds is 2. The zero-order valence-electron chi connectivity index (χ0n) is 17.9. The van der Waals surface area contributed by atoms with Gasteiger partial charge in [0.25, 0.3) is 0 Å². The van der Waals surface area contributed by atoms with Crippen molar-refractivity contribution in [2.75, 3.05) is 4.90 Å². The van der Waals surface area contributed by atoms with E-state index < -0.39 is 23.5 Å². The van der Waals surface area contributed by atoms with Crippen LogP contribution in [0.15, 0.2) is 42.5 Å². The normalized spacial score (nSPS) is 27.5. The van der Waals surface area contributed by atoms with Crippen molar-refractivity contribution in [3.05, 3.63) is 63.6 Å². The Balaban J connectivity index is 1.79. The molecule has 172 valence electrons. The van der Waals surface area contributed by atoms with Crippen LogP contribution in [0.2, 0.25) is 10.0 Å². The fourth-order valence-corrected chi connectivity index (χ4v) is 6.55. The molecule has 3 atom stereocenters. The van der Waals surface area contributed by atoms with Crippen LogP contribution in [0, 0.1) is 11.8 Å². The second kappa shape index (κ2) is 8.33. The number of nitrogens with zero attached hydrogens (tertiary/aromatic N) is 1. The number of amides is 3. The molecule has 1 aliphatic carbocycles. The van der Waals surface area contributed by atoms with Gasteiger partial charge in [0.15, 0.2) is 0 Å². The molecule has 3 aliphatic rings. The van der Waals surface area contributed by atoms with E-state index in [-0.39, 0.29) is 29.9 Å². The highest BCUT2D eigenvalue weighted by Gasteiger charge is 2.65. The summed E-state index contributed by atoms with van der Waals surface area (Å²) in [5.41, 5.74) is 0.350. The van der Waals surface area contributed by atoms with Crippen LogP contribution in [0.1, 0.15) is 55.7 Å². The fraction of sp³-hybridized carbons (Fsp3) is 0.400. The molecule has 1 saturated carbocycles. The van der Waals surface area contributed by atoms with Crippen LogP contribution in [-0.4, -0.2) is 23.0 Å². The van der Waals surface area contributed by atoms with Crippen molar-refractivity contribution >= 4 is 46.8 Å². The van der Waals surface area contributed by atoms with Gasteiger partial charge in [-0.1, -0.05) is 73.5 Å².